The molecule has 0 atom stereocenters. The largest absolute Gasteiger partial charge is 0.484 e. The summed E-state index contributed by atoms with van der Waals surface area (Å²) in [5, 5.41) is 2.89. The molecule has 0 fully saturated rings. The Morgan fingerprint density at radius 3 is 2.17 bits per heavy atom. The highest BCUT2D eigenvalue weighted by Crippen LogP contribution is 2.22. The molecule has 0 aromatic heterocycles. The monoisotopic (exact) mass is 326 g/mol. The predicted octanol–water partition coefficient (Wildman–Crippen LogP) is 2.66. The van der Waals surface area contributed by atoms with E-state index in [0.717, 1.165) is 27.9 Å². The zero-order chi connectivity index (χ0) is 17.7. The minimum atomic E-state index is -0.383. The van der Waals surface area contributed by atoms with Crippen molar-refractivity contribution >= 4 is 17.5 Å². The lowest BCUT2D eigenvalue weighted by atomic mass is 10.1. The third kappa shape index (κ3) is 4.84. The van der Waals surface area contributed by atoms with Gasteiger partial charge in [-0.25, -0.2) is 0 Å². The average molecular weight is 326 g/mol. The normalized spacial score (nSPS) is 10.3. The zero-order valence-electron chi connectivity index (χ0n) is 14.2. The number of benzene rings is 2. The second-order valence-corrected chi connectivity index (χ2v) is 5.90. The molecule has 0 unspecified atom stereocenters. The first kappa shape index (κ1) is 17.5. The quantitative estimate of drug-likeness (QED) is 0.856. The van der Waals surface area contributed by atoms with Crippen LogP contribution in [0.1, 0.15) is 22.3 Å². The summed E-state index contributed by atoms with van der Waals surface area (Å²) in [5.41, 5.74) is 9.99. The highest BCUT2D eigenvalue weighted by Gasteiger charge is 2.09. The lowest BCUT2D eigenvalue weighted by Crippen LogP contribution is -2.21. The maximum atomic E-state index is 12.1. The summed E-state index contributed by atoms with van der Waals surface area (Å²) in [6, 6.07) is 11.0. The second kappa shape index (κ2) is 7.64. The number of hydrogen-bond acceptors (Lipinski definition) is 3. The number of aryl methyl sites for hydroxylation is 3. The third-order valence-corrected chi connectivity index (χ3v) is 3.61. The fourth-order valence-electron chi connectivity index (χ4n) is 2.61. The Morgan fingerprint density at radius 2 is 1.62 bits per heavy atom. The summed E-state index contributed by atoms with van der Waals surface area (Å²) in [6.07, 6.45) is 0.187. The van der Waals surface area contributed by atoms with Crippen LogP contribution < -0.4 is 15.8 Å². The molecule has 0 saturated carbocycles. The van der Waals surface area contributed by atoms with Crippen LogP contribution in [0.2, 0.25) is 0 Å². The number of carbonyl (C=O) groups excluding carboxylic acids is 2. The number of hydrogen-bond donors (Lipinski definition) is 2. The van der Waals surface area contributed by atoms with Crippen molar-refractivity contribution < 1.29 is 14.3 Å². The van der Waals surface area contributed by atoms with Gasteiger partial charge in [0.2, 0.25) is 5.91 Å². The molecule has 0 bridgehead atoms. The molecule has 0 radical (unpaired) electrons. The first-order chi connectivity index (χ1) is 11.3. The third-order valence-electron chi connectivity index (χ3n) is 3.61. The van der Waals surface area contributed by atoms with Crippen LogP contribution in [0.3, 0.4) is 0 Å². The number of nitrogens with one attached hydrogen (secondary N) is 1. The molecule has 2 aromatic rings. The highest BCUT2D eigenvalue weighted by atomic mass is 16.5. The van der Waals surface area contributed by atoms with Gasteiger partial charge in [0.05, 0.1) is 6.42 Å². The van der Waals surface area contributed by atoms with Gasteiger partial charge in [0, 0.05) is 5.69 Å². The predicted molar refractivity (Wildman–Crippen MR) is 94.1 cm³/mol. The van der Waals surface area contributed by atoms with Crippen molar-refractivity contribution in [2.45, 2.75) is 27.2 Å². The standard InChI is InChI=1S/C19H22N2O3/c1-12-8-13(2)19(14(3)9-12)21-18(23)11-24-16-6-4-15(5-7-16)10-17(20)22/h4-9H,10-11H2,1-3H3,(H2,20,22)(H,21,23). The van der Waals surface area contributed by atoms with Crippen molar-refractivity contribution in [3.63, 3.8) is 0 Å². The molecule has 0 saturated heterocycles. The molecular formula is C19H22N2O3. The molecule has 126 valence electrons. The molecule has 0 heterocycles. The number of nitrogens with two attached hydrogens (primary N) is 1. The Hall–Kier alpha value is -2.82. The fraction of sp³-hybridized carbons (Fsp3) is 0.263. The molecule has 0 spiro atoms. The highest BCUT2D eigenvalue weighted by molar-refractivity contribution is 5.93. The van der Waals surface area contributed by atoms with E-state index in [1.807, 2.05) is 32.9 Å². The van der Waals surface area contributed by atoms with Gasteiger partial charge >= 0.3 is 0 Å². The molecule has 5 heteroatoms. The Morgan fingerprint density at radius 1 is 1.04 bits per heavy atom. The molecule has 0 aliphatic carbocycles. The number of primary amides is 1. The SMILES string of the molecule is Cc1cc(C)c(NC(=O)COc2ccc(CC(N)=O)cc2)c(C)c1. The van der Waals surface area contributed by atoms with Gasteiger partial charge in [-0.2, -0.15) is 0 Å². The first-order valence-corrected chi connectivity index (χ1v) is 7.73. The van der Waals surface area contributed by atoms with E-state index in [9.17, 15) is 9.59 Å². The van der Waals surface area contributed by atoms with Crippen molar-refractivity contribution in [2.75, 3.05) is 11.9 Å². The minimum Gasteiger partial charge on any atom is -0.484 e. The number of amides is 2. The van der Waals surface area contributed by atoms with Gasteiger partial charge in [0.15, 0.2) is 6.61 Å². The molecule has 0 aliphatic rings. The summed E-state index contributed by atoms with van der Waals surface area (Å²) >= 11 is 0. The van der Waals surface area contributed by atoms with Crippen LogP contribution in [-0.2, 0) is 16.0 Å². The minimum absolute atomic E-state index is 0.0814. The number of carbonyl (C=O) groups is 2. The zero-order valence-corrected chi connectivity index (χ0v) is 14.2. The summed E-state index contributed by atoms with van der Waals surface area (Å²) < 4.78 is 5.48. The van der Waals surface area contributed by atoms with Gasteiger partial charge < -0.3 is 15.8 Å². The van der Waals surface area contributed by atoms with Crippen LogP contribution in [0.4, 0.5) is 5.69 Å². The van der Waals surface area contributed by atoms with Crippen LogP contribution >= 0.6 is 0 Å². The van der Waals surface area contributed by atoms with E-state index in [2.05, 4.69) is 5.32 Å². The van der Waals surface area contributed by atoms with E-state index in [1.54, 1.807) is 24.3 Å². The second-order valence-electron chi connectivity index (χ2n) is 5.90. The lowest BCUT2D eigenvalue weighted by Gasteiger charge is -2.13. The average Bonchev–Trinajstić information content (AvgIpc) is 2.49. The van der Waals surface area contributed by atoms with Crippen molar-refractivity contribution in [2.24, 2.45) is 5.73 Å². The van der Waals surface area contributed by atoms with E-state index in [4.69, 9.17) is 10.5 Å². The molecule has 3 N–H and O–H groups in total. The van der Waals surface area contributed by atoms with Gasteiger partial charge in [-0.05, 0) is 49.6 Å². The Balaban J connectivity index is 1.93. The van der Waals surface area contributed by atoms with Crippen LogP contribution in [-0.4, -0.2) is 18.4 Å². The molecule has 2 aromatic carbocycles. The molecular weight excluding hydrogens is 304 g/mol. The van der Waals surface area contributed by atoms with E-state index in [1.165, 1.54) is 0 Å². The van der Waals surface area contributed by atoms with E-state index in [0.29, 0.717) is 5.75 Å². The number of ether oxygens (including phenoxy) is 1. The maximum absolute atomic E-state index is 12.1. The fourth-order valence-corrected chi connectivity index (χ4v) is 2.61. The molecule has 24 heavy (non-hydrogen) atoms. The van der Waals surface area contributed by atoms with Gasteiger partial charge in [-0.3, -0.25) is 9.59 Å². The molecule has 2 rings (SSSR count). The Labute approximate surface area is 141 Å². The first-order valence-electron chi connectivity index (χ1n) is 7.73. The molecule has 0 aliphatic heterocycles. The summed E-state index contributed by atoms with van der Waals surface area (Å²) in [5.74, 6) is -0.0335. The topological polar surface area (TPSA) is 81.4 Å². The Kier molecular flexibility index (Phi) is 5.58. The van der Waals surface area contributed by atoms with Crippen LogP contribution in [0, 0.1) is 20.8 Å². The Bertz CT molecular complexity index is 729. The van der Waals surface area contributed by atoms with E-state index < -0.39 is 0 Å². The summed E-state index contributed by atoms with van der Waals surface area (Å²) in [4.78, 5) is 22.9. The smallest absolute Gasteiger partial charge is 0.262 e. The lowest BCUT2D eigenvalue weighted by molar-refractivity contribution is -0.118. The van der Waals surface area contributed by atoms with Gasteiger partial charge in [-0.15, -0.1) is 0 Å². The van der Waals surface area contributed by atoms with Crippen molar-refractivity contribution in [3.05, 3.63) is 58.7 Å². The van der Waals surface area contributed by atoms with Gasteiger partial charge in [-0.1, -0.05) is 29.8 Å². The van der Waals surface area contributed by atoms with E-state index in [-0.39, 0.29) is 24.8 Å². The van der Waals surface area contributed by atoms with Crippen molar-refractivity contribution in [1.82, 2.24) is 0 Å². The van der Waals surface area contributed by atoms with Crippen LogP contribution in [0.25, 0.3) is 0 Å². The van der Waals surface area contributed by atoms with Crippen molar-refractivity contribution in [1.29, 1.82) is 0 Å². The van der Waals surface area contributed by atoms with Gasteiger partial charge in [0.1, 0.15) is 5.75 Å². The van der Waals surface area contributed by atoms with Gasteiger partial charge in [0.25, 0.3) is 5.91 Å². The maximum Gasteiger partial charge on any atom is 0.262 e. The summed E-state index contributed by atoms with van der Waals surface area (Å²) in [6.45, 7) is 5.88. The molecule has 5 nitrogen and oxygen atoms in total. The summed E-state index contributed by atoms with van der Waals surface area (Å²) in [7, 11) is 0. The number of anilines is 1. The van der Waals surface area contributed by atoms with Crippen LogP contribution in [0.5, 0.6) is 5.75 Å². The van der Waals surface area contributed by atoms with E-state index >= 15 is 0 Å². The molecule has 2 amide bonds. The van der Waals surface area contributed by atoms with Crippen LogP contribution in [0.15, 0.2) is 36.4 Å². The number of rotatable bonds is 6. The van der Waals surface area contributed by atoms with Crippen molar-refractivity contribution in [3.8, 4) is 5.75 Å².